The van der Waals surface area contributed by atoms with Gasteiger partial charge in [-0.15, -0.1) is 0 Å². The van der Waals surface area contributed by atoms with Crippen LogP contribution in [0.25, 0.3) is 0 Å². The van der Waals surface area contributed by atoms with Gasteiger partial charge in [-0.2, -0.15) is 8.42 Å². The molecule has 1 N–H and O–H groups in total. The van der Waals surface area contributed by atoms with Crippen molar-refractivity contribution < 1.29 is 13.2 Å². The highest BCUT2D eigenvalue weighted by Gasteiger charge is 2.14. The summed E-state index contributed by atoms with van der Waals surface area (Å²) in [7, 11) is -2.20. The molecule has 1 aromatic rings. The number of nitrogens with one attached hydrogen (secondary N) is 1. The molecule has 0 atom stereocenters. The van der Waals surface area contributed by atoms with Gasteiger partial charge in [-0.05, 0) is 35.3 Å². The highest BCUT2D eigenvalue weighted by molar-refractivity contribution is 7.73. The fourth-order valence-electron chi connectivity index (χ4n) is 2.07. The Morgan fingerprint density at radius 1 is 1.09 bits per heavy atom. The van der Waals surface area contributed by atoms with Crippen LogP contribution in [0.4, 0.5) is 0 Å². The molecule has 1 aliphatic rings. The van der Waals surface area contributed by atoms with Crippen LogP contribution < -0.4 is 5.32 Å². The third-order valence-corrected chi connectivity index (χ3v) is 4.19. The Labute approximate surface area is 132 Å². The molecule has 0 fully saturated rings. The standard InChI is InChI=1S/C17H19NO3S/c1-17(2,3)13-6-4-12(5-7-13)16(19)18-14-8-10-15(11-9-14)22(20)21/h4-10H,11H2,1-3H3,(H,18,19). The molecule has 0 heterocycles. The molecule has 5 heteroatoms. The predicted octanol–water partition coefficient (Wildman–Crippen LogP) is 2.61. The highest BCUT2D eigenvalue weighted by atomic mass is 32.2. The number of rotatable bonds is 2. The third kappa shape index (κ3) is 3.95. The van der Waals surface area contributed by atoms with Gasteiger partial charge in [0.15, 0.2) is 0 Å². The van der Waals surface area contributed by atoms with Crippen LogP contribution in [0, 0.1) is 0 Å². The van der Waals surface area contributed by atoms with Crippen molar-refractivity contribution in [3.8, 4) is 0 Å². The Balaban J connectivity index is 2.08. The second-order valence-electron chi connectivity index (χ2n) is 6.18. The van der Waals surface area contributed by atoms with Gasteiger partial charge in [0.25, 0.3) is 5.91 Å². The summed E-state index contributed by atoms with van der Waals surface area (Å²) in [6, 6.07) is 7.50. The second-order valence-corrected chi connectivity index (χ2v) is 7.17. The molecule has 1 aromatic carbocycles. The van der Waals surface area contributed by atoms with E-state index in [1.165, 1.54) is 6.08 Å². The van der Waals surface area contributed by atoms with Gasteiger partial charge in [0.1, 0.15) is 0 Å². The molecule has 1 aliphatic carbocycles. The Morgan fingerprint density at radius 2 is 1.73 bits per heavy atom. The third-order valence-electron chi connectivity index (χ3n) is 3.46. The topological polar surface area (TPSA) is 63.2 Å². The van der Waals surface area contributed by atoms with Crippen molar-refractivity contribution in [2.24, 2.45) is 0 Å². The molecule has 22 heavy (non-hydrogen) atoms. The zero-order valence-electron chi connectivity index (χ0n) is 12.9. The average Bonchev–Trinajstić information content (AvgIpc) is 2.47. The van der Waals surface area contributed by atoms with Crippen LogP contribution in [-0.2, 0) is 15.7 Å². The number of hydrogen-bond acceptors (Lipinski definition) is 3. The largest absolute Gasteiger partial charge is 0.322 e. The van der Waals surface area contributed by atoms with Crippen molar-refractivity contribution in [3.63, 3.8) is 0 Å². The average molecular weight is 317 g/mol. The van der Waals surface area contributed by atoms with E-state index in [0.29, 0.717) is 22.5 Å². The van der Waals surface area contributed by atoms with Crippen molar-refractivity contribution in [3.05, 3.63) is 59.3 Å². The van der Waals surface area contributed by atoms with Crippen molar-refractivity contribution in [1.29, 1.82) is 0 Å². The number of carbonyl (C=O) groups excluding carboxylic acids is 1. The second kappa shape index (κ2) is 6.32. The summed E-state index contributed by atoms with van der Waals surface area (Å²) in [5.74, 6) is -0.206. The van der Waals surface area contributed by atoms with E-state index < -0.39 is 10.3 Å². The first-order valence-corrected chi connectivity index (χ1v) is 8.10. The predicted molar refractivity (Wildman–Crippen MR) is 88.4 cm³/mol. The molecule has 0 radical (unpaired) electrons. The van der Waals surface area contributed by atoms with Crippen LogP contribution in [0.1, 0.15) is 43.1 Å². The molecule has 1 amide bonds. The van der Waals surface area contributed by atoms with E-state index in [2.05, 4.69) is 26.1 Å². The number of benzene rings is 1. The Hall–Kier alpha value is -2.14. The molecule has 0 spiro atoms. The van der Waals surface area contributed by atoms with E-state index in [-0.39, 0.29) is 11.3 Å². The first-order valence-electron chi connectivity index (χ1n) is 7.02. The van der Waals surface area contributed by atoms with Crippen LogP contribution in [0.15, 0.2) is 48.2 Å². The molecule has 4 nitrogen and oxygen atoms in total. The lowest BCUT2D eigenvalue weighted by Gasteiger charge is -2.19. The van der Waals surface area contributed by atoms with Gasteiger partial charge in [-0.25, -0.2) is 0 Å². The van der Waals surface area contributed by atoms with E-state index in [0.717, 1.165) is 5.56 Å². The summed E-state index contributed by atoms with van der Waals surface area (Å²) in [5.41, 5.74) is 2.39. The Bertz CT molecular complexity index is 768. The van der Waals surface area contributed by atoms with Gasteiger partial charge in [0.05, 0.1) is 4.86 Å². The maximum absolute atomic E-state index is 12.2. The lowest BCUT2D eigenvalue weighted by atomic mass is 9.86. The van der Waals surface area contributed by atoms with Crippen molar-refractivity contribution in [2.45, 2.75) is 32.6 Å². The number of carbonyl (C=O) groups is 1. The minimum atomic E-state index is -2.20. The molecule has 0 unspecified atom stereocenters. The lowest BCUT2D eigenvalue weighted by Crippen LogP contribution is -2.23. The Kier molecular flexibility index (Phi) is 4.66. The number of allylic oxidation sites excluding steroid dienone is 3. The van der Waals surface area contributed by atoms with E-state index in [4.69, 9.17) is 0 Å². The number of hydrogen-bond donors (Lipinski definition) is 1. The number of amides is 1. The van der Waals surface area contributed by atoms with Crippen molar-refractivity contribution >= 4 is 21.1 Å². The van der Waals surface area contributed by atoms with Gasteiger partial charge in [-0.3, -0.25) is 4.79 Å². The summed E-state index contributed by atoms with van der Waals surface area (Å²) in [5, 5.41) is 2.77. The van der Waals surface area contributed by atoms with Crippen LogP contribution in [0.5, 0.6) is 0 Å². The zero-order chi connectivity index (χ0) is 16.3. The van der Waals surface area contributed by atoms with Crippen LogP contribution in [-0.4, -0.2) is 19.2 Å². The van der Waals surface area contributed by atoms with Gasteiger partial charge in [0.2, 0.25) is 10.3 Å². The highest BCUT2D eigenvalue weighted by Crippen LogP contribution is 2.22. The van der Waals surface area contributed by atoms with Crippen LogP contribution in [0.3, 0.4) is 0 Å². The minimum Gasteiger partial charge on any atom is -0.322 e. The van der Waals surface area contributed by atoms with E-state index in [1.807, 2.05) is 12.1 Å². The Morgan fingerprint density at radius 3 is 2.18 bits per heavy atom. The molecule has 0 aromatic heterocycles. The molecule has 0 aliphatic heterocycles. The summed E-state index contributed by atoms with van der Waals surface area (Å²) in [6.07, 6.45) is 5.08. The fraction of sp³-hybridized carbons (Fsp3) is 0.294. The molecule has 116 valence electrons. The van der Waals surface area contributed by atoms with Crippen LogP contribution in [0.2, 0.25) is 0 Å². The first kappa shape index (κ1) is 16.2. The van der Waals surface area contributed by atoms with Gasteiger partial charge in [-0.1, -0.05) is 39.0 Å². The van der Waals surface area contributed by atoms with Crippen LogP contribution >= 0.6 is 0 Å². The molecule has 2 rings (SSSR count). The quantitative estimate of drug-likeness (QED) is 0.853. The van der Waals surface area contributed by atoms with Crippen molar-refractivity contribution in [1.82, 2.24) is 5.32 Å². The van der Waals surface area contributed by atoms with Gasteiger partial charge >= 0.3 is 0 Å². The maximum atomic E-state index is 12.2. The molecular formula is C17H19NO3S. The van der Waals surface area contributed by atoms with Crippen molar-refractivity contribution in [2.75, 3.05) is 0 Å². The zero-order valence-corrected chi connectivity index (χ0v) is 13.7. The maximum Gasteiger partial charge on any atom is 0.255 e. The van der Waals surface area contributed by atoms with E-state index in [1.54, 1.807) is 24.3 Å². The summed E-state index contributed by atoms with van der Waals surface area (Å²) in [4.78, 5) is 12.5. The lowest BCUT2D eigenvalue weighted by molar-refractivity contribution is 0.0967. The molecule has 0 saturated heterocycles. The molecule has 0 bridgehead atoms. The van der Waals surface area contributed by atoms with Gasteiger partial charge < -0.3 is 5.32 Å². The molecule has 0 saturated carbocycles. The SMILES string of the molecule is CC(C)(C)c1ccc(C(=O)NC2=CCC(=S(=O)=O)C=C2)cc1. The minimum absolute atomic E-state index is 0.0455. The summed E-state index contributed by atoms with van der Waals surface area (Å²) in [6.45, 7) is 6.36. The summed E-state index contributed by atoms with van der Waals surface area (Å²) < 4.78 is 21.6. The summed E-state index contributed by atoms with van der Waals surface area (Å²) >= 11 is 0. The fourth-order valence-corrected chi connectivity index (χ4v) is 2.47. The monoisotopic (exact) mass is 317 g/mol. The van der Waals surface area contributed by atoms with E-state index >= 15 is 0 Å². The van der Waals surface area contributed by atoms with Gasteiger partial charge in [0, 0.05) is 17.7 Å². The molecular weight excluding hydrogens is 298 g/mol. The smallest absolute Gasteiger partial charge is 0.255 e. The normalized spacial score (nSPS) is 14.5. The van der Waals surface area contributed by atoms with E-state index in [9.17, 15) is 13.2 Å². The first-order chi connectivity index (χ1) is 10.3.